The Kier molecular flexibility index (Phi) is 7.32. The molecule has 86 valence electrons. The van der Waals surface area contributed by atoms with Crippen LogP contribution in [0, 0.1) is 5.92 Å². The summed E-state index contributed by atoms with van der Waals surface area (Å²) >= 11 is 0. The number of rotatable bonds is 5. The summed E-state index contributed by atoms with van der Waals surface area (Å²) in [6.45, 7) is 8.27. The molecule has 0 fully saturated rings. The second-order valence-electron chi connectivity index (χ2n) is 3.76. The van der Waals surface area contributed by atoms with Crippen molar-refractivity contribution in [3.8, 4) is 0 Å². The second-order valence-corrected chi connectivity index (χ2v) is 3.76. The van der Waals surface area contributed by atoms with Gasteiger partial charge < -0.3 is 4.74 Å². The maximum absolute atomic E-state index is 11.0. The van der Waals surface area contributed by atoms with E-state index in [-0.39, 0.29) is 0 Å². The van der Waals surface area contributed by atoms with E-state index in [1.165, 1.54) is 0 Å². The lowest BCUT2D eigenvalue weighted by molar-refractivity contribution is 0.156. The zero-order chi connectivity index (χ0) is 11.7. The van der Waals surface area contributed by atoms with E-state index in [4.69, 9.17) is 4.74 Å². The van der Waals surface area contributed by atoms with Crippen molar-refractivity contribution in [1.82, 2.24) is 5.43 Å². The van der Waals surface area contributed by atoms with Crippen LogP contribution in [0.15, 0.2) is 16.8 Å². The number of amides is 1. The van der Waals surface area contributed by atoms with Crippen molar-refractivity contribution in [2.24, 2.45) is 11.0 Å². The summed E-state index contributed by atoms with van der Waals surface area (Å²) in [6, 6.07) is 0. The average Bonchev–Trinajstić information content (AvgIpc) is 2.20. The van der Waals surface area contributed by atoms with Crippen LogP contribution in [0.1, 0.15) is 34.1 Å². The van der Waals surface area contributed by atoms with Crippen LogP contribution in [-0.4, -0.2) is 18.9 Å². The van der Waals surface area contributed by atoms with E-state index in [1.807, 2.05) is 19.9 Å². The molecule has 0 spiro atoms. The molecule has 0 saturated carbocycles. The minimum atomic E-state index is -0.517. The number of ether oxygens (including phenoxy) is 1. The van der Waals surface area contributed by atoms with Gasteiger partial charge in [-0.15, -0.1) is 0 Å². The van der Waals surface area contributed by atoms with Crippen LogP contribution in [0.5, 0.6) is 0 Å². The van der Waals surface area contributed by atoms with Crippen LogP contribution in [0.3, 0.4) is 0 Å². The lowest BCUT2D eigenvalue weighted by Gasteiger charge is -2.03. The van der Waals surface area contributed by atoms with Gasteiger partial charge in [-0.3, -0.25) is 0 Å². The number of nitrogens with zero attached hydrogens (tertiary/aromatic N) is 1. The van der Waals surface area contributed by atoms with Gasteiger partial charge in [0.2, 0.25) is 0 Å². The predicted octanol–water partition coefficient (Wildman–Crippen LogP) is 2.71. The summed E-state index contributed by atoms with van der Waals surface area (Å²) in [6.07, 6.45) is 3.90. The molecule has 0 aromatic heterocycles. The summed E-state index contributed by atoms with van der Waals surface area (Å²) < 4.78 is 4.87. The lowest BCUT2D eigenvalue weighted by atomic mass is 10.2. The number of hydrogen-bond donors (Lipinski definition) is 1. The number of carbonyl (C=O) groups is 1. The summed E-state index contributed by atoms with van der Waals surface area (Å²) in [5.41, 5.74) is 3.31. The average molecular weight is 212 g/mol. The molecule has 1 amide bonds. The number of carbonyl (C=O) groups excluding carboxylic acids is 1. The van der Waals surface area contributed by atoms with Crippen LogP contribution in [0.2, 0.25) is 0 Å². The molecule has 15 heavy (non-hydrogen) atoms. The van der Waals surface area contributed by atoms with E-state index >= 15 is 0 Å². The Balaban J connectivity index is 3.62. The molecule has 0 saturated heterocycles. The molecule has 0 aromatic carbocycles. The molecule has 0 aliphatic heterocycles. The third-order valence-electron chi connectivity index (χ3n) is 1.75. The topological polar surface area (TPSA) is 50.7 Å². The minimum absolute atomic E-state index is 0.308. The molecule has 0 unspecified atom stereocenters. The zero-order valence-corrected chi connectivity index (χ0v) is 9.91. The predicted molar refractivity (Wildman–Crippen MR) is 61.9 cm³/mol. The highest BCUT2D eigenvalue weighted by Crippen LogP contribution is 1.95. The van der Waals surface area contributed by atoms with E-state index in [1.54, 1.807) is 6.21 Å². The van der Waals surface area contributed by atoms with Crippen LogP contribution >= 0.6 is 0 Å². The standard InChI is InChI=1S/C11H20N2O2/c1-5-10(4)8-15-11(14)13-12-7-6-9(2)3/h5,7,9H,6,8H2,1-4H3,(H,13,14)/b10-5+,12-7+. The molecule has 4 nitrogen and oxygen atoms in total. The van der Waals surface area contributed by atoms with Gasteiger partial charge in [-0.1, -0.05) is 19.9 Å². The minimum Gasteiger partial charge on any atom is -0.444 e. The molecule has 0 radical (unpaired) electrons. The molecule has 0 heterocycles. The molecule has 0 rings (SSSR count). The van der Waals surface area contributed by atoms with Crippen molar-refractivity contribution in [1.29, 1.82) is 0 Å². The highest BCUT2D eigenvalue weighted by molar-refractivity contribution is 5.69. The van der Waals surface area contributed by atoms with Gasteiger partial charge in [0.25, 0.3) is 0 Å². The van der Waals surface area contributed by atoms with E-state index in [2.05, 4.69) is 24.4 Å². The third kappa shape index (κ3) is 9.00. The summed E-state index contributed by atoms with van der Waals surface area (Å²) in [4.78, 5) is 11.0. The first-order valence-electron chi connectivity index (χ1n) is 5.12. The summed E-state index contributed by atoms with van der Waals surface area (Å²) in [7, 11) is 0. The van der Waals surface area contributed by atoms with Crippen molar-refractivity contribution in [3.05, 3.63) is 11.6 Å². The van der Waals surface area contributed by atoms with Gasteiger partial charge in [0.05, 0.1) is 0 Å². The van der Waals surface area contributed by atoms with E-state index in [0.29, 0.717) is 12.5 Å². The van der Waals surface area contributed by atoms with Crippen molar-refractivity contribution < 1.29 is 9.53 Å². The number of allylic oxidation sites excluding steroid dienone is 1. The number of nitrogens with one attached hydrogen (secondary N) is 1. The number of hydrazone groups is 1. The van der Waals surface area contributed by atoms with Gasteiger partial charge >= 0.3 is 6.09 Å². The first kappa shape index (κ1) is 13.7. The Morgan fingerprint density at radius 3 is 2.73 bits per heavy atom. The molecule has 0 bridgehead atoms. The largest absolute Gasteiger partial charge is 0.444 e. The highest BCUT2D eigenvalue weighted by Gasteiger charge is 1.98. The fourth-order valence-corrected chi connectivity index (χ4v) is 0.657. The van der Waals surface area contributed by atoms with Gasteiger partial charge in [0.1, 0.15) is 6.61 Å². The van der Waals surface area contributed by atoms with Crippen molar-refractivity contribution in [3.63, 3.8) is 0 Å². The quantitative estimate of drug-likeness (QED) is 0.433. The molecular weight excluding hydrogens is 192 g/mol. The van der Waals surface area contributed by atoms with E-state index < -0.39 is 6.09 Å². The fourth-order valence-electron chi connectivity index (χ4n) is 0.657. The normalized spacial score (nSPS) is 12.2. The van der Waals surface area contributed by atoms with Crippen molar-refractivity contribution in [2.75, 3.05) is 6.61 Å². The van der Waals surface area contributed by atoms with Gasteiger partial charge in [-0.2, -0.15) is 5.10 Å². The van der Waals surface area contributed by atoms with Gasteiger partial charge in [0, 0.05) is 6.21 Å². The first-order valence-corrected chi connectivity index (χ1v) is 5.12. The SMILES string of the molecule is C/C=C(\C)COC(=O)N/N=C/CC(C)C. The van der Waals surface area contributed by atoms with Gasteiger partial charge in [-0.25, -0.2) is 10.2 Å². The van der Waals surface area contributed by atoms with E-state index in [0.717, 1.165) is 12.0 Å². The van der Waals surface area contributed by atoms with Gasteiger partial charge in [0.15, 0.2) is 0 Å². The smallest absolute Gasteiger partial charge is 0.428 e. The maximum atomic E-state index is 11.0. The first-order chi connectivity index (χ1) is 7.06. The monoisotopic (exact) mass is 212 g/mol. The Labute approximate surface area is 91.4 Å². The van der Waals surface area contributed by atoms with Crippen molar-refractivity contribution >= 4 is 12.3 Å². The molecule has 0 atom stereocenters. The third-order valence-corrected chi connectivity index (χ3v) is 1.75. The molecule has 1 N–H and O–H groups in total. The van der Waals surface area contributed by atoms with Crippen LogP contribution in [0.25, 0.3) is 0 Å². The maximum Gasteiger partial charge on any atom is 0.428 e. The van der Waals surface area contributed by atoms with Gasteiger partial charge in [-0.05, 0) is 31.8 Å². The van der Waals surface area contributed by atoms with Crippen LogP contribution < -0.4 is 5.43 Å². The highest BCUT2D eigenvalue weighted by atomic mass is 16.6. The van der Waals surface area contributed by atoms with Crippen LogP contribution in [0.4, 0.5) is 4.79 Å². The Morgan fingerprint density at radius 2 is 2.20 bits per heavy atom. The molecule has 0 aliphatic rings. The summed E-state index contributed by atoms with van der Waals surface area (Å²) in [5.74, 6) is 0.539. The second kappa shape index (κ2) is 8.03. The lowest BCUT2D eigenvalue weighted by Crippen LogP contribution is -2.19. The Hall–Kier alpha value is -1.32. The molecule has 0 aliphatic carbocycles. The molecular formula is C11H20N2O2. The zero-order valence-electron chi connectivity index (χ0n) is 9.91. The Morgan fingerprint density at radius 1 is 1.53 bits per heavy atom. The van der Waals surface area contributed by atoms with E-state index in [9.17, 15) is 4.79 Å². The summed E-state index contributed by atoms with van der Waals surface area (Å²) in [5, 5.41) is 3.75. The number of hydrogen-bond acceptors (Lipinski definition) is 3. The Bertz CT molecular complexity index is 245. The van der Waals surface area contributed by atoms with Crippen LogP contribution in [-0.2, 0) is 4.74 Å². The fraction of sp³-hybridized carbons (Fsp3) is 0.636. The molecule has 0 aromatic rings. The van der Waals surface area contributed by atoms with Crippen molar-refractivity contribution in [2.45, 2.75) is 34.1 Å². The molecule has 4 heteroatoms.